The molecule has 0 radical (unpaired) electrons. The van der Waals surface area contributed by atoms with Gasteiger partial charge in [0.25, 0.3) is 0 Å². The zero-order valence-electron chi connectivity index (χ0n) is 9.47. The second kappa shape index (κ2) is 4.19. The maximum Gasteiger partial charge on any atom is 0.0157 e. The molecule has 82 valence electrons. The smallest absolute Gasteiger partial charge is 0.0157 e. The average molecular weight is 196 g/mol. The molecule has 2 rings (SSSR count). The largest absolute Gasteiger partial charge is 0.325 e. The van der Waals surface area contributed by atoms with Crippen molar-refractivity contribution in [3.8, 4) is 0 Å². The van der Waals surface area contributed by atoms with Gasteiger partial charge in [-0.2, -0.15) is 0 Å². The number of likely N-dealkylation sites (tertiary alicyclic amines) is 1. The summed E-state index contributed by atoms with van der Waals surface area (Å²) in [6, 6.07) is 0. The molecule has 2 N–H and O–H groups in total. The molecule has 0 amide bonds. The third kappa shape index (κ3) is 2.48. The Kier molecular flexibility index (Phi) is 3.13. The highest BCUT2D eigenvalue weighted by atomic mass is 15.1. The lowest BCUT2D eigenvalue weighted by molar-refractivity contribution is 0.236. The molecule has 1 heterocycles. The van der Waals surface area contributed by atoms with Gasteiger partial charge in [0.2, 0.25) is 0 Å². The molecule has 2 fully saturated rings. The minimum Gasteiger partial charge on any atom is -0.325 e. The van der Waals surface area contributed by atoms with Crippen LogP contribution >= 0.6 is 0 Å². The zero-order chi connectivity index (χ0) is 10.0. The summed E-state index contributed by atoms with van der Waals surface area (Å²) >= 11 is 0. The maximum absolute atomic E-state index is 6.47. The summed E-state index contributed by atoms with van der Waals surface area (Å²) in [5.74, 6) is 0.878. The number of hydrogen-bond acceptors (Lipinski definition) is 2. The highest BCUT2D eigenvalue weighted by Gasteiger charge is 2.32. The molecule has 0 aromatic heterocycles. The third-order valence-corrected chi connectivity index (χ3v) is 4.03. The third-order valence-electron chi connectivity index (χ3n) is 4.03. The van der Waals surface area contributed by atoms with Crippen LogP contribution in [0, 0.1) is 5.92 Å². The SMILES string of the molecule is CN1CCC(CC2(N)CCCCC2)C1. The van der Waals surface area contributed by atoms with Crippen LogP contribution in [0.1, 0.15) is 44.9 Å². The molecule has 1 aliphatic carbocycles. The molecule has 0 aromatic rings. The van der Waals surface area contributed by atoms with Crippen LogP contribution in [0.5, 0.6) is 0 Å². The van der Waals surface area contributed by atoms with E-state index in [1.54, 1.807) is 0 Å². The Morgan fingerprint density at radius 1 is 1.29 bits per heavy atom. The highest BCUT2D eigenvalue weighted by molar-refractivity contribution is 4.91. The van der Waals surface area contributed by atoms with E-state index in [2.05, 4.69) is 11.9 Å². The van der Waals surface area contributed by atoms with Crippen LogP contribution < -0.4 is 5.73 Å². The quantitative estimate of drug-likeness (QED) is 0.732. The maximum atomic E-state index is 6.47. The van der Waals surface area contributed by atoms with Crippen LogP contribution in [0.4, 0.5) is 0 Å². The summed E-state index contributed by atoms with van der Waals surface area (Å²) in [6.45, 7) is 2.56. The second-order valence-electron chi connectivity index (χ2n) is 5.54. The summed E-state index contributed by atoms with van der Waals surface area (Å²) < 4.78 is 0. The minimum atomic E-state index is 0.202. The average Bonchev–Trinajstić information content (AvgIpc) is 2.51. The van der Waals surface area contributed by atoms with Gasteiger partial charge in [0, 0.05) is 12.1 Å². The highest BCUT2D eigenvalue weighted by Crippen LogP contribution is 2.33. The lowest BCUT2D eigenvalue weighted by Crippen LogP contribution is -2.43. The van der Waals surface area contributed by atoms with Gasteiger partial charge in [-0.3, -0.25) is 0 Å². The fourth-order valence-electron chi connectivity index (χ4n) is 3.23. The Morgan fingerprint density at radius 3 is 2.57 bits per heavy atom. The van der Waals surface area contributed by atoms with Crippen molar-refractivity contribution in [3.63, 3.8) is 0 Å². The second-order valence-corrected chi connectivity index (χ2v) is 5.54. The zero-order valence-corrected chi connectivity index (χ0v) is 9.47. The molecule has 2 nitrogen and oxygen atoms in total. The molecule has 1 saturated heterocycles. The van der Waals surface area contributed by atoms with Gasteiger partial charge in [0.15, 0.2) is 0 Å². The molecular formula is C12H24N2. The van der Waals surface area contributed by atoms with Crippen LogP contribution in [-0.2, 0) is 0 Å². The number of nitrogens with zero attached hydrogens (tertiary/aromatic N) is 1. The van der Waals surface area contributed by atoms with E-state index in [0.29, 0.717) is 0 Å². The topological polar surface area (TPSA) is 29.3 Å². The summed E-state index contributed by atoms with van der Waals surface area (Å²) in [4.78, 5) is 2.44. The Hall–Kier alpha value is -0.0800. The molecule has 2 heteroatoms. The van der Waals surface area contributed by atoms with E-state index in [0.717, 1.165) is 5.92 Å². The first-order chi connectivity index (χ1) is 6.68. The molecule has 14 heavy (non-hydrogen) atoms. The van der Waals surface area contributed by atoms with Crippen molar-refractivity contribution < 1.29 is 0 Å². The Balaban J connectivity index is 1.83. The standard InChI is InChI=1S/C12H24N2/c1-14-8-5-11(10-14)9-12(13)6-3-2-4-7-12/h11H,2-10,13H2,1H3. The Labute approximate surface area is 87.8 Å². The van der Waals surface area contributed by atoms with E-state index in [4.69, 9.17) is 5.73 Å². The molecule has 1 atom stereocenters. The van der Waals surface area contributed by atoms with Gasteiger partial charge in [-0.1, -0.05) is 19.3 Å². The van der Waals surface area contributed by atoms with Gasteiger partial charge in [0.1, 0.15) is 0 Å². The van der Waals surface area contributed by atoms with E-state index < -0.39 is 0 Å². The lowest BCUT2D eigenvalue weighted by Gasteiger charge is -2.35. The molecule has 1 unspecified atom stereocenters. The Bertz CT molecular complexity index is 185. The molecule has 0 spiro atoms. The molecule has 0 bridgehead atoms. The van der Waals surface area contributed by atoms with Gasteiger partial charge in [-0.25, -0.2) is 0 Å². The molecule has 1 saturated carbocycles. The monoisotopic (exact) mass is 196 g/mol. The van der Waals surface area contributed by atoms with Gasteiger partial charge >= 0.3 is 0 Å². The van der Waals surface area contributed by atoms with Gasteiger partial charge in [-0.15, -0.1) is 0 Å². The minimum absolute atomic E-state index is 0.202. The predicted molar refractivity (Wildman–Crippen MR) is 60.2 cm³/mol. The molecule has 2 aliphatic rings. The van der Waals surface area contributed by atoms with Crippen LogP contribution in [0.25, 0.3) is 0 Å². The summed E-state index contributed by atoms with van der Waals surface area (Å²) in [7, 11) is 2.23. The van der Waals surface area contributed by atoms with Gasteiger partial charge < -0.3 is 10.6 Å². The summed E-state index contributed by atoms with van der Waals surface area (Å²) in [6.07, 6.45) is 9.31. The van der Waals surface area contributed by atoms with E-state index >= 15 is 0 Å². The molecule has 0 aromatic carbocycles. The van der Waals surface area contributed by atoms with Crippen LogP contribution in [0.2, 0.25) is 0 Å². The normalized spacial score (nSPS) is 33.4. The molecular weight excluding hydrogens is 172 g/mol. The van der Waals surface area contributed by atoms with Gasteiger partial charge in [0.05, 0.1) is 0 Å². The predicted octanol–water partition coefficient (Wildman–Crippen LogP) is 1.99. The first kappa shape index (κ1) is 10.4. The van der Waals surface area contributed by atoms with Crippen molar-refractivity contribution in [2.24, 2.45) is 11.7 Å². The van der Waals surface area contributed by atoms with Crippen molar-refractivity contribution in [1.29, 1.82) is 0 Å². The van der Waals surface area contributed by atoms with E-state index in [1.165, 1.54) is 58.0 Å². The van der Waals surface area contributed by atoms with Crippen molar-refractivity contribution in [1.82, 2.24) is 4.90 Å². The van der Waals surface area contributed by atoms with Crippen LogP contribution in [0.15, 0.2) is 0 Å². The first-order valence-electron chi connectivity index (χ1n) is 6.15. The summed E-state index contributed by atoms with van der Waals surface area (Å²) in [5.41, 5.74) is 6.67. The van der Waals surface area contributed by atoms with Crippen LogP contribution in [0.3, 0.4) is 0 Å². The summed E-state index contributed by atoms with van der Waals surface area (Å²) in [5, 5.41) is 0. The van der Waals surface area contributed by atoms with E-state index in [-0.39, 0.29) is 5.54 Å². The van der Waals surface area contributed by atoms with E-state index in [9.17, 15) is 0 Å². The first-order valence-corrected chi connectivity index (χ1v) is 6.15. The van der Waals surface area contributed by atoms with Crippen LogP contribution in [-0.4, -0.2) is 30.6 Å². The number of nitrogens with two attached hydrogens (primary N) is 1. The fraction of sp³-hybridized carbons (Fsp3) is 1.00. The van der Waals surface area contributed by atoms with Crippen molar-refractivity contribution in [3.05, 3.63) is 0 Å². The van der Waals surface area contributed by atoms with Crippen molar-refractivity contribution in [2.45, 2.75) is 50.5 Å². The van der Waals surface area contributed by atoms with Gasteiger partial charge in [-0.05, 0) is 45.2 Å². The number of hydrogen-bond donors (Lipinski definition) is 1. The van der Waals surface area contributed by atoms with Crippen molar-refractivity contribution >= 4 is 0 Å². The lowest BCUT2D eigenvalue weighted by atomic mass is 9.76. The van der Waals surface area contributed by atoms with Crippen molar-refractivity contribution in [2.75, 3.05) is 20.1 Å². The fourth-order valence-corrected chi connectivity index (χ4v) is 3.23. The Morgan fingerprint density at radius 2 is 2.00 bits per heavy atom. The molecule has 1 aliphatic heterocycles. The van der Waals surface area contributed by atoms with E-state index in [1.807, 2.05) is 0 Å². The number of rotatable bonds is 2.